The molecule has 9 unspecified atom stereocenters. The van der Waals surface area contributed by atoms with Gasteiger partial charge in [0.1, 0.15) is 28.7 Å². The Morgan fingerprint density at radius 2 is 0.691 bits per heavy atom. The van der Waals surface area contributed by atoms with E-state index in [4.69, 9.17) is 33.6 Å². The molecular formula is C114H151N6O16PdSi2-. The number of aryl methyl sites for hydroxylation is 1. The maximum Gasteiger partial charge on any atom is 0.303 e. The number of aliphatic carboxylic acids is 3. The number of aromatic amines is 2. The van der Waals surface area contributed by atoms with Crippen molar-refractivity contribution < 1.29 is 92.7 Å². The average Bonchev–Trinajstić information content (AvgIpc) is 1.26. The first-order chi connectivity index (χ1) is 65.0. The van der Waals surface area contributed by atoms with Gasteiger partial charge in [0.2, 0.25) is 40.3 Å². The fourth-order valence-electron chi connectivity index (χ4n) is 18.6. The molecule has 11 aromatic rings. The van der Waals surface area contributed by atoms with Crippen molar-refractivity contribution >= 4 is 112 Å². The van der Waals surface area contributed by atoms with Gasteiger partial charge < -0.3 is 51.3 Å². The number of rotatable bonds is 29. The number of nitrogens with one attached hydrogen (secondary N) is 4. The number of carboxylic acid groups (broad SMARTS) is 3. The number of H-pyrrole nitrogens is 2. The summed E-state index contributed by atoms with van der Waals surface area (Å²) in [5, 5.41) is 56.5. The molecule has 8 N–H and O–H groups in total. The molecule has 0 bridgehead atoms. The third kappa shape index (κ3) is 31.0. The van der Waals surface area contributed by atoms with Gasteiger partial charge in [-0.3, -0.25) is 64.3 Å². The van der Waals surface area contributed by atoms with Gasteiger partial charge >= 0.3 is 17.9 Å². The largest absolute Gasteiger partial charge is 0.543 e. The van der Waals surface area contributed by atoms with Crippen LogP contribution in [0.3, 0.4) is 0 Å². The first-order valence-electron chi connectivity index (χ1n) is 49.6. The van der Waals surface area contributed by atoms with E-state index in [1.807, 2.05) is 67.6 Å². The molecule has 0 radical (unpaired) electrons. The Morgan fingerprint density at radius 3 is 1.03 bits per heavy atom. The predicted molar refractivity (Wildman–Crippen MR) is 561 cm³/mol. The minimum absolute atomic E-state index is 0. The van der Waals surface area contributed by atoms with Crippen LogP contribution in [-0.2, 0) is 66.8 Å². The van der Waals surface area contributed by atoms with Crippen LogP contribution in [0, 0.1) is 19.3 Å². The molecule has 0 spiro atoms. The number of carbonyl (C=O) groups excluding carboxylic acids is 4. The minimum Gasteiger partial charge on any atom is -0.543 e. The maximum absolute atomic E-state index is 12.8. The normalized spacial score (nSPS) is 17.1. The third-order valence-corrected chi connectivity index (χ3v) is 38.0. The standard InChI is InChI=1S/C29H42N2O3Si.C23H28N2O3.C22H32O3Si.C17H20O3.C15H16O3.C7H10N2O.CH3.Pd/c1-20(10-9-13-27(32)31-26-12-8-7-11-25(26)28(33)30-31)21-14-15-23-19-24(17-16-22(23)18-21)34-35(5,6)29(2,3)4;1-15(16-9-10-18-14-19(26)12-11-17(18)13-16)5-4-8-22(27)25-21-7-3-2-6-20(21)23(28)24-25;1-16(8-7-9-21(23)24)17-10-11-19-15-20(13-12-18(19)14-17)25-26(5,6)22(2,3)4;1-12(4-3-5-17(18)19)13-6-7-15-11-16(20-2)9-8-14(15)10-13;1-10(7-15(16)17)11-3-4-13-9-14(18-2)6-5-12(13)8-11;10-7-5-3-1-2-4-6(5)8-9-7;;/h14-20,25-26H,7-13H2,1-6H3,(H,30,33);9-15,20-21,26H,2-8H2,1H3,(H,24,28);10-16H,7-9H2,1-6H3,(H,23,24);6-12H,3-5H2,1-2H3,(H,18,19);3-6,8-10H,7H2,1-2H3,(H,16,17);1-4H2,(H2,8,9,10);1H3;/q;;;;;;-1;. The number of carboxylic acids is 3. The molecule has 752 valence electrons. The van der Waals surface area contributed by atoms with Crippen LogP contribution in [0.4, 0.5) is 0 Å². The first kappa shape index (κ1) is 112. The number of phenolic OH excluding ortho intramolecular Hbond substituents is 1. The summed E-state index contributed by atoms with van der Waals surface area (Å²) in [6.07, 6.45) is 20.7. The van der Waals surface area contributed by atoms with Crippen molar-refractivity contribution in [3.05, 3.63) is 239 Å². The number of benzene rings is 10. The molecule has 4 amide bonds. The molecule has 2 saturated heterocycles. The Labute approximate surface area is 838 Å². The zero-order valence-corrected chi connectivity index (χ0v) is 88.6. The van der Waals surface area contributed by atoms with Gasteiger partial charge in [0.15, 0.2) is 0 Å². The number of amides is 4. The van der Waals surface area contributed by atoms with Gasteiger partial charge in [-0.25, -0.2) is 0 Å². The smallest absolute Gasteiger partial charge is 0.303 e. The second-order valence-corrected chi connectivity index (χ2v) is 51.0. The Hall–Kier alpha value is -11.1. The average molecular weight is 2020 g/mol. The Morgan fingerprint density at radius 1 is 0.388 bits per heavy atom. The van der Waals surface area contributed by atoms with E-state index in [-0.39, 0.29) is 122 Å². The van der Waals surface area contributed by atoms with Crippen molar-refractivity contribution in [1.82, 2.24) is 31.1 Å². The number of methoxy groups -OCH3 is 2. The van der Waals surface area contributed by atoms with Gasteiger partial charge in [-0.05, 0) is 311 Å². The van der Waals surface area contributed by atoms with Gasteiger partial charge in [0.05, 0.1) is 44.6 Å². The van der Waals surface area contributed by atoms with Crippen molar-refractivity contribution in [2.75, 3.05) is 14.2 Å². The SMILES string of the molecule is CC(CCCC(=O)N1NC(=O)C2CCCCC21)c1ccc2cc(O)ccc2c1.CC(CCCC(=O)N1NC(=O)C2CCCCC21)c1ccc2cc(O[Si](C)(C)C(C)(C)C)ccc2c1.CC(CCCC(=O)O)c1ccc2cc(O[Si](C)(C)C(C)(C)C)ccc2c1.COc1ccc2cc(C(C)CC(=O)O)ccc2c1.COc1ccc2cc(C(C)CCCC(=O)O)ccc2c1.O=c1[nH][nH]c2c1CCCC2.[CH3-].[Pd]. The molecule has 2 saturated carbocycles. The van der Waals surface area contributed by atoms with E-state index in [1.165, 1.54) is 55.6 Å². The minimum atomic E-state index is -1.86. The molecule has 3 heterocycles. The molecular weight excluding hydrogens is 1870 g/mol. The van der Waals surface area contributed by atoms with Gasteiger partial charge in [-0.15, -0.1) is 0 Å². The number of hydrazine groups is 2. The van der Waals surface area contributed by atoms with E-state index in [0.717, 1.165) is 182 Å². The van der Waals surface area contributed by atoms with E-state index < -0.39 is 34.5 Å². The summed E-state index contributed by atoms with van der Waals surface area (Å²) in [4.78, 5) is 92.7. The van der Waals surface area contributed by atoms with Gasteiger partial charge in [-0.2, -0.15) is 0 Å². The molecule has 139 heavy (non-hydrogen) atoms. The molecule has 9 atom stereocenters. The summed E-state index contributed by atoms with van der Waals surface area (Å²) in [5.41, 5.74) is 14.0. The van der Waals surface area contributed by atoms with Gasteiger partial charge in [-0.1, -0.05) is 223 Å². The van der Waals surface area contributed by atoms with Crippen LogP contribution in [0.5, 0.6) is 28.7 Å². The molecule has 16 rings (SSSR count). The summed E-state index contributed by atoms with van der Waals surface area (Å²) in [5.74, 6) is 3.30. The van der Waals surface area contributed by atoms with Crippen molar-refractivity contribution in [3.63, 3.8) is 0 Å². The van der Waals surface area contributed by atoms with E-state index in [2.05, 4.69) is 226 Å². The van der Waals surface area contributed by atoms with Crippen molar-refractivity contribution in [3.8, 4) is 28.7 Å². The predicted octanol–water partition coefficient (Wildman–Crippen LogP) is 26.4. The zero-order chi connectivity index (χ0) is 99.2. The van der Waals surface area contributed by atoms with Gasteiger partial charge in [0, 0.05) is 57.4 Å². The fourth-order valence-corrected chi connectivity index (χ4v) is 20.6. The molecule has 4 fully saturated rings. The molecule has 5 aliphatic rings. The van der Waals surface area contributed by atoms with E-state index in [1.54, 1.807) is 36.4 Å². The second kappa shape index (κ2) is 50.8. The zero-order valence-electron chi connectivity index (χ0n) is 85.1. The van der Waals surface area contributed by atoms with Crippen LogP contribution >= 0.6 is 0 Å². The van der Waals surface area contributed by atoms with Crippen molar-refractivity contribution in [2.45, 2.75) is 315 Å². The number of hydrogen-bond acceptors (Lipinski definition) is 13. The van der Waals surface area contributed by atoms with Crippen LogP contribution in [0.2, 0.25) is 36.3 Å². The van der Waals surface area contributed by atoms with Crippen LogP contribution in [0.15, 0.2) is 187 Å². The van der Waals surface area contributed by atoms with E-state index in [9.17, 15) is 43.5 Å². The quantitative estimate of drug-likeness (QED) is 0.0160. The molecule has 25 heteroatoms. The van der Waals surface area contributed by atoms with Crippen LogP contribution < -0.4 is 34.7 Å². The van der Waals surface area contributed by atoms with Crippen LogP contribution in [0.25, 0.3) is 53.9 Å². The van der Waals surface area contributed by atoms with Gasteiger partial charge in [0.25, 0.3) is 5.56 Å². The summed E-state index contributed by atoms with van der Waals surface area (Å²) in [7, 11) is -0.388. The number of ether oxygens (including phenoxy) is 2. The topological polar surface area (TPSA) is 317 Å². The van der Waals surface area contributed by atoms with Crippen LogP contribution in [-0.4, -0.2) is 125 Å². The van der Waals surface area contributed by atoms with Crippen LogP contribution in [0.1, 0.15) is 293 Å². The Bertz CT molecular complexity index is 6080. The molecule has 10 aromatic carbocycles. The number of fused-ring (bicyclic) bond motifs is 8. The number of aromatic hydroxyl groups is 1. The van der Waals surface area contributed by atoms with Crippen molar-refractivity contribution in [2.24, 2.45) is 11.8 Å². The number of aromatic nitrogens is 2. The summed E-state index contributed by atoms with van der Waals surface area (Å²) in [6, 6.07) is 62.1. The maximum atomic E-state index is 12.8. The number of nitrogens with zero attached hydrogens (tertiary/aromatic N) is 2. The Balaban J connectivity index is 0.000000191. The van der Waals surface area contributed by atoms with E-state index >= 15 is 0 Å². The summed E-state index contributed by atoms with van der Waals surface area (Å²) in [6.45, 7) is 33.3. The summed E-state index contributed by atoms with van der Waals surface area (Å²) < 4.78 is 23.3. The van der Waals surface area contributed by atoms with E-state index in [0.29, 0.717) is 42.9 Å². The number of hydrogen-bond donors (Lipinski definition) is 8. The Kier molecular flexibility index (Phi) is 40.8. The third-order valence-electron chi connectivity index (χ3n) is 29.3. The molecule has 2 aliphatic heterocycles. The summed E-state index contributed by atoms with van der Waals surface area (Å²) >= 11 is 0. The first-order valence-corrected chi connectivity index (χ1v) is 55.4. The number of carbonyl (C=O) groups is 7. The van der Waals surface area contributed by atoms with Crippen molar-refractivity contribution in [1.29, 1.82) is 0 Å². The second-order valence-electron chi connectivity index (χ2n) is 41.6. The monoisotopic (exact) mass is 2020 g/mol. The molecule has 3 aliphatic carbocycles. The number of phenols is 1. The fraction of sp³-hybridized carbons (Fsp3) is 0.465. The molecule has 1 aromatic heterocycles. The molecule has 22 nitrogen and oxygen atoms in total.